The van der Waals surface area contributed by atoms with Crippen molar-refractivity contribution in [3.63, 3.8) is 0 Å². The van der Waals surface area contributed by atoms with Gasteiger partial charge in [-0.2, -0.15) is 0 Å². The normalized spacial score (nSPS) is 11.0. The third-order valence-electron chi connectivity index (χ3n) is 3.04. The van der Waals surface area contributed by atoms with Crippen LogP contribution in [-0.4, -0.2) is 24.4 Å². The van der Waals surface area contributed by atoms with Gasteiger partial charge in [0.2, 0.25) is 0 Å². The molecule has 0 saturated carbocycles. The fraction of sp³-hybridized carbons (Fsp3) is 0. The molecule has 0 atom stereocenters. The Morgan fingerprint density at radius 2 is 1.75 bits per heavy atom. The molecule has 0 aliphatic rings. The SMILES string of the molecule is Nc1ccc(S(=O)(=O)Nc2ccc(N)c([N+](=O)[O-])c2)cc1C(=O)O. The molecule has 0 heterocycles. The lowest BCUT2D eigenvalue weighted by Crippen LogP contribution is -2.14. The van der Waals surface area contributed by atoms with Crippen molar-refractivity contribution in [1.82, 2.24) is 0 Å². The molecule has 0 aliphatic carbocycles. The second-order valence-electron chi connectivity index (χ2n) is 4.69. The average molecular weight is 352 g/mol. The largest absolute Gasteiger partial charge is 0.478 e. The zero-order valence-corrected chi connectivity index (χ0v) is 12.8. The van der Waals surface area contributed by atoms with Crippen molar-refractivity contribution < 1.29 is 23.2 Å². The van der Waals surface area contributed by atoms with Gasteiger partial charge in [0.25, 0.3) is 15.7 Å². The number of nitrogens with two attached hydrogens (primary N) is 2. The van der Waals surface area contributed by atoms with E-state index in [0.29, 0.717) is 0 Å². The molecule has 0 bridgehead atoms. The number of carboxylic acid groups (broad SMARTS) is 1. The summed E-state index contributed by atoms with van der Waals surface area (Å²) in [6.07, 6.45) is 0. The molecule has 0 radical (unpaired) electrons. The van der Waals surface area contributed by atoms with Crippen molar-refractivity contribution in [2.75, 3.05) is 16.2 Å². The summed E-state index contributed by atoms with van der Waals surface area (Å²) in [5, 5.41) is 19.8. The summed E-state index contributed by atoms with van der Waals surface area (Å²) < 4.78 is 26.7. The van der Waals surface area contributed by atoms with Crippen LogP contribution < -0.4 is 16.2 Å². The van der Waals surface area contributed by atoms with E-state index < -0.39 is 26.6 Å². The van der Waals surface area contributed by atoms with Gasteiger partial charge < -0.3 is 16.6 Å². The predicted octanol–water partition coefficient (Wildman–Crippen LogP) is 1.26. The molecule has 0 saturated heterocycles. The van der Waals surface area contributed by atoms with Crippen molar-refractivity contribution in [1.29, 1.82) is 0 Å². The summed E-state index contributed by atoms with van der Waals surface area (Å²) in [5.41, 5.74) is 9.77. The smallest absolute Gasteiger partial charge is 0.337 e. The number of carbonyl (C=O) groups is 1. The van der Waals surface area contributed by atoms with E-state index in [4.69, 9.17) is 16.6 Å². The van der Waals surface area contributed by atoms with Crippen LogP contribution in [0.2, 0.25) is 0 Å². The van der Waals surface area contributed by atoms with Gasteiger partial charge in [0.15, 0.2) is 0 Å². The van der Waals surface area contributed by atoms with Crippen LogP contribution in [0.3, 0.4) is 0 Å². The molecule has 11 heteroatoms. The quantitative estimate of drug-likeness (QED) is 0.352. The van der Waals surface area contributed by atoms with Gasteiger partial charge in [-0.1, -0.05) is 0 Å². The number of nitro benzene ring substituents is 1. The van der Waals surface area contributed by atoms with E-state index in [-0.39, 0.29) is 27.5 Å². The number of hydrogen-bond donors (Lipinski definition) is 4. The highest BCUT2D eigenvalue weighted by molar-refractivity contribution is 7.92. The van der Waals surface area contributed by atoms with Crippen LogP contribution >= 0.6 is 0 Å². The first-order valence-electron chi connectivity index (χ1n) is 6.31. The van der Waals surface area contributed by atoms with Crippen LogP contribution in [0, 0.1) is 10.1 Å². The Kier molecular flexibility index (Phi) is 4.28. The lowest BCUT2D eigenvalue weighted by molar-refractivity contribution is -0.383. The Labute approximate surface area is 135 Å². The summed E-state index contributed by atoms with van der Waals surface area (Å²) >= 11 is 0. The maximum atomic E-state index is 12.3. The highest BCUT2D eigenvalue weighted by Gasteiger charge is 2.20. The first kappa shape index (κ1) is 17.0. The number of benzene rings is 2. The van der Waals surface area contributed by atoms with Crippen LogP contribution in [0.4, 0.5) is 22.7 Å². The zero-order chi connectivity index (χ0) is 18.1. The number of aromatic carboxylic acids is 1. The minimum absolute atomic E-state index is 0.0930. The third-order valence-corrected chi connectivity index (χ3v) is 4.42. The fourth-order valence-electron chi connectivity index (χ4n) is 1.87. The molecule has 2 aromatic carbocycles. The minimum Gasteiger partial charge on any atom is -0.478 e. The molecule has 0 amide bonds. The van der Waals surface area contributed by atoms with E-state index in [2.05, 4.69) is 4.72 Å². The van der Waals surface area contributed by atoms with Gasteiger partial charge in [0.05, 0.1) is 21.1 Å². The molecule has 0 spiro atoms. The van der Waals surface area contributed by atoms with Crippen molar-refractivity contribution in [2.24, 2.45) is 0 Å². The minimum atomic E-state index is -4.17. The van der Waals surface area contributed by atoms with Crippen LogP contribution in [0.1, 0.15) is 10.4 Å². The van der Waals surface area contributed by atoms with Gasteiger partial charge in [-0.25, -0.2) is 13.2 Å². The molecule has 0 aliphatic heterocycles. The standard InChI is InChI=1S/C13H12N4O6S/c14-10-4-2-8(6-9(10)13(18)19)24(22,23)16-7-1-3-11(15)12(5-7)17(20)21/h1-6,16H,14-15H2,(H,18,19). The van der Waals surface area contributed by atoms with E-state index in [1.54, 1.807) is 0 Å². The topological polar surface area (TPSA) is 179 Å². The second-order valence-corrected chi connectivity index (χ2v) is 6.37. The van der Waals surface area contributed by atoms with Gasteiger partial charge in [-0.15, -0.1) is 0 Å². The monoisotopic (exact) mass is 352 g/mol. The number of nitrogens with one attached hydrogen (secondary N) is 1. The molecule has 2 rings (SSSR count). The summed E-state index contributed by atoms with van der Waals surface area (Å²) in [6, 6.07) is 6.55. The number of carboxylic acids is 1. The molecule has 10 nitrogen and oxygen atoms in total. The van der Waals surface area contributed by atoms with Crippen LogP contribution in [0.25, 0.3) is 0 Å². The molecule has 0 fully saturated rings. The van der Waals surface area contributed by atoms with Gasteiger partial charge in [-0.3, -0.25) is 14.8 Å². The maximum Gasteiger partial charge on any atom is 0.337 e. The Bertz CT molecular complexity index is 941. The lowest BCUT2D eigenvalue weighted by atomic mass is 10.2. The Morgan fingerprint density at radius 3 is 2.33 bits per heavy atom. The number of sulfonamides is 1. The average Bonchev–Trinajstić information content (AvgIpc) is 2.48. The third kappa shape index (κ3) is 3.35. The van der Waals surface area contributed by atoms with Crippen molar-refractivity contribution >= 4 is 38.7 Å². The zero-order valence-electron chi connectivity index (χ0n) is 12.0. The number of nitro groups is 1. The number of hydrogen-bond acceptors (Lipinski definition) is 7. The van der Waals surface area contributed by atoms with Crippen LogP contribution in [-0.2, 0) is 10.0 Å². The van der Waals surface area contributed by atoms with Crippen LogP contribution in [0.5, 0.6) is 0 Å². The van der Waals surface area contributed by atoms with Crippen molar-refractivity contribution in [2.45, 2.75) is 4.90 Å². The van der Waals surface area contributed by atoms with Gasteiger partial charge in [0.1, 0.15) is 5.69 Å². The highest BCUT2D eigenvalue weighted by atomic mass is 32.2. The van der Waals surface area contributed by atoms with Crippen molar-refractivity contribution in [3.05, 3.63) is 52.1 Å². The molecule has 0 aromatic heterocycles. The van der Waals surface area contributed by atoms with E-state index in [1.165, 1.54) is 12.1 Å². The second kappa shape index (κ2) is 6.04. The van der Waals surface area contributed by atoms with E-state index in [1.807, 2.05) is 0 Å². The van der Waals surface area contributed by atoms with E-state index in [9.17, 15) is 23.3 Å². The molecule has 0 unspecified atom stereocenters. The first-order chi connectivity index (χ1) is 11.1. The Morgan fingerprint density at radius 1 is 1.12 bits per heavy atom. The molecular formula is C13H12N4O6S. The van der Waals surface area contributed by atoms with Crippen molar-refractivity contribution in [3.8, 4) is 0 Å². The van der Waals surface area contributed by atoms with E-state index >= 15 is 0 Å². The molecule has 24 heavy (non-hydrogen) atoms. The number of nitrogens with zero attached hydrogens (tertiary/aromatic N) is 1. The summed E-state index contributed by atoms with van der Waals surface area (Å²) in [6.45, 7) is 0. The summed E-state index contributed by atoms with van der Waals surface area (Å²) in [7, 11) is -4.17. The Balaban J connectivity index is 2.42. The molecular weight excluding hydrogens is 340 g/mol. The lowest BCUT2D eigenvalue weighted by Gasteiger charge is -2.10. The number of rotatable bonds is 5. The van der Waals surface area contributed by atoms with Gasteiger partial charge in [-0.05, 0) is 30.3 Å². The molecule has 2 aromatic rings. The number of anilines is 3. The summed E-state index contributed by atoms with van der Waals surface area (Å²) in [4.78, 5) is 20.8. The summed E-state index contributed by atoms with van der Waals surface area (Å²) in [5.74, 6) is -1.38. The van der Waals surface area contributed by atoms with E-state index in [0.717, 1.165) is 24.3 Å². The van der Waals surface area contributed by atoms with Crippen LogP contribution in [0.15, 0.2) is 41.3 Å². The maximum absolute atomic E-state index is 12.3. The van der Waals surface area contributed by atoms with Gasteiger partial charge >= 0.3 is 5.97 Å². The fourth-order valence-corrected chi connectivity index (χ4v) is 2.94. The molecule has 6 N–H and O–H groups in total. The Hall–Kier alpha value is -3.34. The van der Waals surface area contributed by atoms with Gasteiger partial charge in [0, 0.05) is 11.8 Å². The number of nitrogen functional groups attached to an aromatic ring is 2. The highest BCUT2D eigenvalue weighted by Crippen LogP contribution is 2.27. The first-order valence-corrected chi connectivity index (χ1v) is 7.79. The predicted molar refractivity (Wildman–Crippen MR) is 86.1 cm³/mol. The molecule has 126 valence electrons.